The minimum Gasteiger partial charge on any atom is -0.493 e. The minimum atomic E-state index is -0.906. The Morgan fingerprint density at radius 2 is 1.86 bits per heavy atom. The highest BCUT2D eigenvalue weighted by molar-refractivity contribution is 5.79. The molecule has 1 aromatic rings. The van der Waals surface area contributed by atoms with E-state index in [-0.39, 0.29) is 12.3 Å². The van der Waals surface area contributed by atoms with Gasteiger partial charge < -0.3 is 19.5 Å². The molecule has 1 aromatic carbocycles. The Bertz CT molecular complexity index is 732. The molecule has 1 heterocycles. The Morgan fingerprint density at radius 1 is 1.14 bits per heavy atom. The summed E-state index contributed by atoms with van der Waals surface area (Å²) in [6.45, 7) is 2.79. The number of ether oxygens (including phenoxy) is 2. The van der Waals surface area contributed by atoms with E-state index >= 15 is 0 Å². The Balaban J connectivity index is 1.85. The summed E-state index contributed by atoms with van der Waals surface area (Å²) >= 11 is 0. The third kappa shape index (κ3) is 4.42. The summed E-state index contributed by atoms with van der Waals surface area (Å²) in [5.41, 5.74) is 1.89. The molecule has 0 bridgehead atoms. The maximum absolute atomic E-state index is 13.1. The lowest BCUT2D eigenvalue weighted by atomic mass is 9.80. The van der Waals surface area contributed by atoms with Crippen LogP contribution in [0, 0.1) is 11.8 Å². The summed E-state index contributed by atoms with van der Waals surface area (Å²) in [6, 6.07) is 3.28. The van der Waals surface area contributed by atoms with E-state index in [9.17, 15) is 14.7 Å². The average Bonchev–Trinajstić information content (AvgIpc) is 2.66. The maximum Gasteiger partial charge on any atom is 0.305 e. The van der Waals surface area contributed by atoms with E-state index in [0.717, 1.165) is 24.0 Å². The predicted octanol–water partition coefficient (Wildman–Crippen LogP) is 3.82. The molecule has 0 spiro atoms. The Hall–Kier alpha value is -2.24. The van der Waals surface area contributed by atoms with Crippen LogP contribution in [-0.4, -0.2) is 42.6 Å². The van der Waals surface area contributed by atoms with Crippen LogP contribution in [0.1, 0.15) is 62.6 Å². The summed E-state index contributed by atoms with van der Waals surface area (Å²) in [6.07, 6.45) is 5.71. The Labute approximate surface area is 166 Å². The molecule has 0 aromatic heterocycles. The summed E-state index contributed by atoms with van der Waals surface area (Å²) in [4.78, 5) is 26.5. The quantitative estimate of drug-likeness (QED) is 0.800. The molecule has 1 amide bonds. The molecule has 1 aliphatic carbocycles. The molecule has 154 valence electrons. The van der Waals surface area contributed by atoms with Crippen molar-refractivity contribution in [2.75, 3.05) is 20.8 Å². The Kier molecular flexibility index (Phi) is 6.47. The van der Waals surface area contributed by atoms with Crippen molar-refractivity contribution in [2.45, 2.75) is 57.9 Å². The molecule has 3 rings (SSSR count). The normalized spacial score (nSPS) is 24.4. The highest BCUT2D eigenvalue weighted by Crippen LogP contribution is 2.40. The van der Waals surface area contributed by atoms with E-state index in [4.69, 9.17) is 9.47 Å². The summed E-state index contributed by atoms with van der Waals surface area (Å²) < 4.78 is 10.8. The third-order valence-electron chi connectivity index (χ3n) is 6.20. The SMILES string of the molecule is COc1cc2c(cc1OC)C(CC(=O)O)N(C(=O)CC1CCCC(C)C1)CC2. The first kappa shape index (κ1) is 20.5. The predicted molar refractivity (Wildman–Crippen MR) is 106 cm³/mol. The number of rotatable bonds is 6. The first-order chi connectivity index (χ1) is 13.4. The van der Waals surface area contributed by atoms with Gasteiger partial charge >= 0.3 is 5.97 Å². The van der Waals surface area contributed by atoms with Gasteiger partial charge in [-0.15, -0.1) is 0 Å². The van der Waals surface area contributed by atoms with E-state index in [1.54, 1.807) is 19.1 Å². The molecule has 0 radical (unpaired) electrons. The van der Waals surface area contributed by atoms with Gasteiger partial charge in [-0.2, -0.15) is 0 Å². The molecule has 1 N–H and O–H groups in total. The number of carbonyl (C=O) groups is 2. The zero-order valence-corrected chi connectivity index (χ0v) is 17.1. The second-order valence-corrected chi connectivity index (χ2v) is 8.20. The van der Waals surface area contributed by atoms with E-state index in [2.05, 4.69) is 6.92 Å². The van der Waals surface area contributed by atoms with Gasteiger partial charge in [0, 0.05) is 13.0 Å². The van der Waals surface area contributed by atoms with Crippen molar-refractivity contribution in [3.8, 4) is 11.5 Å². The number of amides is 1. The number of methoxy groups -OCH3 is 2. The molecule has 6 heteroatoms. The monoisotopic (exact) mass is 389 g/mol. The van der Waals surface area contributed by atoms with Crippen molar-refractivity contribution in [3.05, 3.63) is 23.3 Å². The number of nitrogens with zero attached hydrogens (tertiary/aromatic N) is 1. The van der Waals surface area contributed by atoms with E-state index in [0.29, 0.717) is 42.7 Å². The lowest BCUT2D eigenvalue weighted by molar-refractivity contribution is -0.141. The van der Waals surface area contributed by atoms with Crippen LogP contribution in [0.3, 0.4) is 0 Å². The number of hydrogen-bond acceptors (Lipinski definition) is 4. The lowest BCUT2D eigenvalue weighted by Gasteiger charge is -2.38. The first-order valence-corrected chi connectivity index (χ1v) is 10.2. The summed E-state index contributed by atoms with van der Waals surface area (Å²) in [7, 11) is 3.15. The molecule has 6 nitrogen and oxygen atoms in total. The van der Waals surface area contributed by atoms with Gasteiger partial charge in [-0.05, 0) is 54.4 Å². The smallest absolute Gasteiger partial charge is 0.305 e. The van der Waals surface area contributed by atoms with Gasteiger partial charge in [-0.3, -0.25) is 9.59 Å². The van der Waals surface area contributed by atoms with E-state index < -0.39 is 12.0 Å². The first-order valence-electron chi connectivity index (χ1n) is 10.2. The number of aliphatic carboxylic acids is 1. The van der Waals surface area contributed by atoms with Gasteiger partial charge in [0.05, 0.1) is 26.7 Å². The maximum atomic E-state index is 13.1. The van der Waals surface area contributed by atoms with E-state index in [1.807, 2.05) is 12.1 Å². The third-order valence-corrected chi connectivity index (χ3v) is 6.20. The largest absolute Gasteiger partial charge is 0.493 e. The van der Waals surface area contributed by atoms with Crippen LogP contribution in [0.5, 0.6) is 11.5 Å². The van der Waals surface area contributed by atoms with Crippen LogP contribution in [0.4, 0.5) is 0 Å². The summed E-state index contributed by atoms with van der Waals surface area (Å²) in [5, 5.41) is 9.48. The van der Waals surface area contributed by atoms with Gasteiger partial charge in [-0.1, -0.05) is 19.8 Å². The van der Waals surface area contributed by atoms with Crippen LogP contribution >= 0.6 is 0 Å². The molecule has 1 fully saturated rings. The van der Waals surface area contributed by atoms with Crippen LogP contribution in [0.25, 0.3) is 0 Å². The van der Waals surface area contributed by atoms with Crippen LogP contribution in [0.15, 0.2) is 12.1 Å². The molecule has 1 saturated carbocycles. The number of carbonyl (C=O) groups excluding carboxylic acids is 1. The second kappa shape index (κ2) is 8.84. The molecule has 28 heavy (non-hydrogen) atoms. The van der Waals surface area contributed by atoms with E-state index in [1.165, 1.54) is 12.8 Å². The van der Waals surface area contributed by atoms with Gasteiger partial charge in [0.1, 0.15) is 0 Å². The highest BCUT2D eigenvalue weighted by Gasteiger charge is 2.34. The van der Waals surface area contributed by atoms with Crippen LogP contribution < -0.4 is 9.47 Å². The summed E-state index contributed by atoms with van der Waals surface area (Å²) in [5.74, 6) is 1.44. The van der Waals surface area contributed by atoms with Crippen molar-refractivity contribution in [1.29, 1.82) is 0 Å². The number of carboxylic acids is 1. The van der Waals surface area contributed by atoms with Crippen LogP contribution in [-0.2, 0) is 16.0 Å². The van der Waals surface area contributed by atoms with Gasteiger partial charge in [0.2, 0.25) is 5.91 Å². The lowest BCUT2D eigenvalue weighted by Crippen LogP contribution is -2.42. The molecule has 2 aliphatic rings. The van der Waals surface area contributed by atoms with Crippen molar-refractivity contribution in [1.82, 2.24) is 4.90 Å². The number of carboxylic acid groups (broad SMARTS) is 1. The fourth-order valence-electron chi connectivity index (χ4n) is 4.82. The van der Waals surface area contributed by atoms with Crippen molar-refractivity contribution < 1.29 is 24.2 Å². The minimum absolute atomic E-state index is 0.0748. The molecule has 3 atom stereocenters. The zero-order valence-electron chi connectivity index (χ0n) is 17.1. The fourth-order valence-corrected chi connectivity index (χ4v) is 4.82. The topological polar surface area (TPSA) is 76.1 Å². The molecule has 0 saturated heterocycles. The standard InChI is InChI=1S/C22H31NO5/c1-14-5-4-6-15(9-14)10-21(24)23-8-7-16-11-19(27-2)20(28-3)12-17(16)18(23)13-22(25)26/h11-12,14-15,18H,4-10,13H2,1-3H3,(H,25,26). The average molecular weight is 389 g/mol. The Morgan fingerprint density at radius 3 is 2.50 bits per heavy atom. The fraction of sp³-hybridized carbons (Fsp3) is 0.636. The van der Waals surface area contributed by atoms with Gasteiger partial charge in [-0.25, -0.2) is 0 Å². The van der Waals surface area contributed by atoms with Gasteiger partial charge in [0.15, 0.2) is 11.5 Å². The molecule has 1 aliphatic heterocycles. The molecular formula is C22H31NO5. The second-order valence-electron chi connectivity index (χ2n) is 8.20. The number of benzene rings is 1. The van der Waals surface area contributed by atoms with Crippen molar-refractivity contribution in [3.63, 3.8) is 0 Å². The molecular weight excluding hydrogens is 358 g/mol. The van der Waals surface area contributed by atoms with Crippen molar-refractivity contribution in [2.24, 2.45) is 11.8 Å². The van der Waals surface area contributed by atoms with Crippen LogP contribution in [0.2, 0.25) is 0 Å². The zero-order chi connectivity index (χ0) is 20.3. The van der Waals surface area contributed by atoms with Crippen molar-refractivity contribution >= 4 is 11.9 Å². The molecule has 3 unspecified atom stereocenters. The number of fused-ring (bicyclic) bond motifs is 1. The van der Waals surface area contributed by atoms with Gasteiger partial charge in [0.25, 0.3) is 0 Å². The highest BCUT2D eigenvalue weighted by atomic mass is 16.5. The number of hydrogen-bond donors (Lipinski definition) is 1.